The topological polar surface area (TPSA) is 142 Å². The molecule has 7 atom stereocenters. The van der Waals surface area contributed by atoms with Crippen LogP contribution in [0.15, 0.2) is 34.3 Å². The summed E-state index contributed by atoms with van der Waals surface area (Å²) in [5, 5.41) is 8.96. The maximum atomic E-state index is 14.4. The molecule has 6 rings (SSSR count). The van der Waals surface area contributed by atoms with Crippen LogP contribution in [0.25, 0.3) is 23.8 Å². The number of ether oxygens (including phenoxy) is 2. The molecule has 10 nitrogen and oxygen atoms in total. The number of hydrogen-bond donors (Lipinski definition) is 4. The standard InChI is InChI=1S/C55H78N4O6/c1-13-39-34(7)41-29-46-48(38(11)60)36(9)43(57-46)27-42-35(8)40(52(58-42)50-51(55(63)64-12)54(62)49-37(10)44(59-53(49)50)28-45(39)56-41)23-24-47(61)65-26-25-33(6)22-16-21-32(5)20-15-19-31(4)18-14-17-30(2)3/h25,27-32,35,39-40,42,51,56-59H,13-24,26H2,1-12H3/b33-25+,43-27-,45-28-,46-29-,52-50-/t31-,32-,35+,39-,40+,42?,51-/m1/s1. The van der Waals surface area contributed by atoms with Crippen LogP contribution in [0.2, 0.25) is 0 Å². The fraction of sp³-hybridized carbons (Fsp3) is 0.600. The van der Waals surface area contributed by atoms with Crippen molar-refractivity contribution >= 4 is 47.3 Å². The minimum absolute atomic E-state index is 0.0291. The van der Waals surface area contributed by atoms with Gasteiger partial charge in [-0.1, -0.05) is 92.1 Å². The molecule has 1 saturated heterocycles. The molecule has 1 aliphatic carbocycles. The number of fused-ring (bicyclic) bond motifs is 7. The molecule has 4 aliphatic rings. The Labute approximate surface area is 388 Å². The van der Waals surface area contributed by atoms with Crippen molar-refractivity contribution in [2.75, 3.05) is 13.7 Å². The quantitative estimate of drug-likeness (QED) is 0.0446. The third-order valence-corrected chi connectivity index (χ3v) is 15.1. The average molecular weight is 891 g/mol. The van der Waals surface area contributed by atoms with E-state index in [0.717, 1.165) is 81.3 Å². The first kappa shape index (κ1) is 49.6. The lowest BCUT2D eigenvalue weighted by Gasteiger charge is -2.20. The Hall–Kier alpha value is -4.86. The Morgan fingerprint density at radius 1 is 0.862 bits per heavy atom. The van der Waals surface area contributed by atoms with E-state index in [9.17, 15) is 19.2 Å². The highest BCUT2D eigenvalue weighted by Gasteiger charge is 2.49. The molecule has 8 bridgehead atoms. The van der Waals surface area contributed by atoms with E-state index in [-0.39, 0.29) is 54.4 Å². The van der Waals surface area contributed by atoms with Crippen LogP contribution in [0.3, 0.4) is 0 Å². The number of rotatable bonds is 20. The lowest BCUT2D eigenvalue weighted by molar-refractivity contribution is -0.143. The normalized spacial score (nSPS) is 25.3. The van der Waals surface area contributed by atoms with Gasteiger partial charge in [-0.05, 0) is 125 Å². The van der Waals surface area contributed by atoms with Crippen molar-refractivity contribution < 1.29 is 28.7 Å². The van der Waals surface area contributed by atoms with Crippen LogP contribution < -0.4 is 21.3 Å². The summed E-state index contributed by atoms with van der Waals surface area (Å²) >= 11 is 0. The molecule has 2 aromatic rings. The number of esters is 2. The lowest BCUT2D eigenvalue weighted by atomic mass is 9.83. The maximum absolute atomic E-state index is 14.4. The third kappa shape index (κ3) is 11.1. The predicted molar refractivity (Wildman–Crippen MR) is 262 cm³/mol. The zero-order valence-electron chi connectivity index (χ0n) is 41.6. The van der Waals surface area contributed by atoms with Crippen LogP contribution in [0.4, 0.5) is 0 Å². The lowest BCUT2D eigenvalue weighted by Crippen LogP contribution is -2.28. The summed E-state index contributed by atoms with van der Waals surface area (Å²) in [5.41, 5.74) is 9.78. The molecule has 0 aromatic carbocycles. The number of nitrogens with one attached hydrogen (secondary N) is 4. The van der Waals surface area contributed by atoms with Crippen LogP contribution in [-0.4, -0.2) is 53.2 Å². The molecule has 0 spiro atoms. The Kier molecular flexibility index (Phi) is 16.5. The third-order valence-electron chi connectivity index (χ3n) is 15.1. The van der Waals surface area contributed by atoms with Gasteiger partial charge >= 0.3 is 11.9 Å². The highest BCUT2D eigenvalue weighted by Crippen LogP contribution is 2.48. The van der Waals surface area contributed by atoms with E-state index in [1.165, 1.54) is 57.6 Å². The molecule has 1 unspecified atom stereocenters. The average Bonchev–Trinajstić information content (AvgIpc) is 4.00. The molecule has 0 amide bonds. The summed E-state index contributed by atoms with van der Waals surface area (Å²) in [7, 11) is 1.31. The van der Waals surface area contributed by atoms with Crippen LogP contribution in [0.5, 0.6) is 0 Å². The van der Waals surface area contributed by atoms with Crippen LogP contribution >= 0.6 is 0 Å². The van der Waals surface area contributed by atoms with Crippen LogP contribution in [-0.2, 0) is 19.1 Å². The Bertz CT molecular complexity index is 2380. The fourth-order valence-electron chi connectivity index (χ4n) is 11.0. The molecule has 3 aliphatic heterocycles. The van der Waals surface area contributed by atoms with E-state index in [1.807, 2.05) is 26.0 Å². The molecule has 354 valence electrons. The second kappa shape index (κ2) is 21.6. The number of hydrogen-bond acceptors (Lipinski definition) is 8. The van der Waals surface area contributed by atoms with Gasteiger partial charge in [0.25, 0.3) is 0 Å². The van der Waals surface area contributed by atoms with Crippen LogP contribution in [0.1, 0.15) is 183 Å². The zero-order valence-corrected chi connectivity index (χ0v) is 41.6. The number of aromatic nitrogens is 2. The van der Waals surface area contributed by atoms with Crippen molar-refractivity contribution in [2.24, 2.45) is 41.4 Å². The van der Waals surface area contributed by atoms with Gasteiger partial charge in [-0.3, -0.25) is 19.2 Å². The van der Waals surface area contributed by atoms with E-state index in [0.29, 0.717) is 34.7 Å². The molecule has 4 N–H and O–H groups in total. The van der Waals surface area contributed by atoms with E-state index >= 15 is 0 Å². The van der Waals surface area contributed by atoms with Crippen molar-refractivity contribution in [1.82, 2.24) is 20.6 Å². The van der Waals surface area contributed by atoms with E-state index in [1.54, 1.807) is 6.92 Å². The second-order valence-corrected chi connectivity index (χ2v) is 20.4. The minimum Gasteiger partial charge on any atom is -0.468 e. The van der Waals surface area contributed by atoms with Gasteiger partial charge in [0.05, 0.1) is 18.2 Å². The Balaban J connectivity index is 1.22. The number of carbonyl (C=O) groups excluding carboxylic acids is 4. The van der Waals surface area contributed by atoms with Gasteiger partial charge < -0.3 is 30.1 Å². The smallest absolute Gasteiger partial charge is 0.321 e. The van der Waals surface area contributed by atoms with Gasteiger partial charge in [-0.15, -0.1) is 0 Å². The van der Waals surface area contributed by atoms with Crippen molar-refractivity contribution in [3.05, 3.63) is 78.7 Å². The fourth-order valence-corrected chi connectivity index (χ4v) is 11.0. The first-order chi connectivity index (χ1) is 30.9. The number of Topliss-reactive ketones (excluding diaryl/α,β-unsaturated/α-hetero) is 2. The molecular formula is C55H78N4O6. The van der Waals surface area contributed by atoms with Gasteiger partial charge in [-0.25, -0.2) is 0 Å². The SMILES string of the molecule is CC[C@@H]1C(C)=C2/C=c3\[nH]/c(c(C)c3C(C)=O)=C\C3N/C(=C4\c5[nH]c(c(C)c5C(=O)[C@@H]4C(=O)OC)/C=C/1N2)[C@@H](CCC(=O)OC/C=C(\C)CCC[C@H](C)CCC[C@H](C)CCCC(C)C)[C@@H]3C. The zero-order chi connectivity index (χ0) is 47.3. The number of H-pyrrole nitrogens is 2. The molecule has 65 heavy (non-hydrogen) atoms. The minimum atomic E-state index is -1.16. The van der Waals surface area contributed by atoms with Gasteiger partial charge in [0.1, 0.15) is 12.5 Å². The Morgan fingerprint density at radius 3 is 2.18 bits per heavy atom. The molecule has 10 heteroatoms. The van der Waals surface area contributed by atoms with Crippen molar-refractivity contribution in [3.63, 3.8) is 0 Å². The van der Waals surface area contributed by atoms with Crippen LogP contribution in [0, 0.1) is 55.3 Å². The summed E-state index contributed by atoms with van der Waals surface area (Å²) < 4.78 is 11.1. The number of aromatic amines is 2. The van der Waals surface area contributed by atoms with Gasteiger partial charge in [0.2, 0.25) is 0 Å². The number of allylic oxidation sites excluding steroid dienone is 4. The van der Waals surface area contributed by atoms with Gasteiger partial charge in [0, 0.05) is 69.1 Å². The maximum Gasteiger partial charge on any atom is 0.321 e. The largest absolute Gasteiger partial charge is 0.468 e. The molecule has 0 radical (unpaired) electrons. The number of carbonyl (C=O) groups is 4. The highest BCUT2D eigenvalue weighted by atomic mass is 16.5. The number of methoxy groups -OCH3 is 1. The summed E-state index contributed by atoms with van der Waals surface area (Å²) in [4.78, 5) is 61.9. The van der Waals surface area contributed by atoms with Gasteiger partial charge in [0.15, 0.2) is 11.6 Å². The molecular weight excluding hydrogens is 813 g/mol. The summed E-state index contributed by atoms with van der Waals surface area (Å²) in [6.45, 7) is 23.6. The first-order valence-electron chi connectivity index (χ1n) is 24.7. The highest BCUT2D eigenvalue weighted by molar-refractivity contribution is 6.24. The predicted octanol–water partition coefficient (Wildman–Crippen LogP) is 10.3. The van der Waals surface area contributed by atoms with Gasteiger partial charge in [-0.2, -0.15) is 0 Å². The molecule has 5 heterocycles. The van der Waals surface area contributed by atoms with E-state index in [4.69, 9.17) is 9.47 Å². The first-order valence-corrected chi connectivity index (χ1v) is 24.7. The van der Waals surface area contributed by atoms with Crippen molar-refractivity contribution in [1.29, 1.82) is 0 Å². The summed E-state index contributed by atoms with van der Waals surface area (Å²) in [5.74, 6) is -0.271. The molecule has 2 aromatic heterocycles. The molecule has 0 saturated carbocycles. The second-order valence-electron chi connectivity index (χ2n) is 20.4. The van der Waals surface area contributed by atoms with Crippen molar-refractivity contribution in [3.8, 4) is 0 Å². The van der Waals surface area contributed by atoms with Crippen molar-refractivity contribution in [2.45, 2.75) is 159 Å². The number of ketones is 2. The monoisotopic (exact) mass is 891 g/mol. The van der Waals surface area contributed by atoms with E-state index < -0.39 is 11.9 Å². The summed E-state index contributed by atoms with van der Waals surface area (Å²) in [6, 6.07) is -0.262. The molecule has 1 fully saturated rings. The van der Waals surface area contributed by atoms with E-state index in [2.05, 4.69) is 88.1 Å². The Morgan fingerprint density at radius 2 is 1.54 bits per heavy atom. The summed E-state index contributed by atoms with van der Waals surface area (Å²) in [6.07, 6.45) is 21.0.